The van der Waals surface area contributed by atoms with Crippen LogP contribution in [0.1, 0.15) is 25.7 Å². The highest BCUT2D eigenvalue weighted by atomic mass is 16.5. The van der Waals surface area contributed by atoms with E-state index in [1.165, 1.54) is 25.7 Å². The largest absolute Gasteiger partial charge is 0.490 e. The smallest absolute Gasteiger partial charge is 0.204 e. The fourth-order valence-corrected chi connectivity index (χ4v) is 2.33. The number of rotatable bonds is 5. The second-order valence-electron chi connectivity index (χ2n) is 4.39. The van der Waals surface area contributed by atoms with E-state index in [1.54, 1.807) is 13.4 Å². The Hall–Kier alpha value is -1.52. The van der Waals surface area contributed by atoms with Crippen LogP contribution >= 0.6 is 0 Å². The number of nitrogens with one attached hydrogen (secondary N) is 2. The predicted octanol–water partition coefficient (Wildman–Crippen LogP) is 2.13. The van der Waals surface area contributed by atoms with Gasteiger partial charge in [0.25, 0.3) is 0 Å². The summed E-state index contributed by atoms with van der Waals surface area (Å²) in [6.45, 7) is 0.969. The number of anilines is 2. The lowest BCUT2D eigenvalue weighted by molar-refractivity contribution is 0.414. The first-order chi connectivity index (χ1) is 8.35. The highest BCUT2D eigenvalue weighted by Crippen LogP contribution is 2.30. The molecule has 1 aliphatic rings. The molecule has 1 fully saturated rings. The molecule has 0 radical (unpaired) electrons. The maximum atomic E-state index is 5.33. The Bertz CT molecular complexity index is 364. The summed E-state index contributed by atoms with van der Waals surface area (Å²) < 4.78 is 5.33. The van der Waals surface area contributed by atoms with Gasteiger partial charge in [-0.25, -0.2) is 9.97 Å². The molecule has 5 heteroatoms. The minimum absolute atomic E-state index is 0.688. The van der Waals surface area contributed by atoms with E-state index in [4.69, 9.17) is 4.74 Å². The van der Waals surface area contributed by atoms with Gasteiger partial charge in [-0.2, -0.15) is 0 Å². The molecule has 2 rings (SSSR count). The lowest BCUT2D eigenvalue weighted by Gasteiger charge is -2.15. The number of hydrogen-bond donors (Lipinski definition) is 2. The van der Waals surface area contributed by atoms with E-state index in [2.05, 4.69) is 20.6 Å². The number of hydrogen-bond acceptors (Lipinski definition) is 5. The SMILES string of the molecule is CNc1ncnc(NCC2CCCC2)c1OC. The number of ether oxygens (including phenoxy) is 1. The fourth-order valence-electron chi connectivity index (χ4n) is 2.33. The van der Waals surface area contributed by atoms with Crippen molar-refractivity contribution >= 4 is 11.6 Å². The zero-order chi connectivity index (χ0) is 12.1. The fraction of sp³-hybridized carbons (Fsp3) is 0.667. The summed E-state index contributed by atoms with van der Waals surface area (Å²) >= 11 is 0. The molecule has 1 saturated carbocycles. The van der Waals surface area contributed by atoms with Crippen LogP contribution < -0.4 is 15.4 Å². The van der Waals surface area contributed by atoms with Crippen molar-refractivity contribution in [1.82, 2.24) is 9.97 Å². The molecule has 5 nitrogen and oxygen atoms in total. The van der Waals surface area contributed by atoms with Crippen LogP contribution in [-0.2, 0) is 0 Å². The Labute approximate surface area is 102 Å². The molecule has 17 heavy (non-hydrogen) atoms. The van der Waals surface area contributed by atoms with Crippen molar-refractivity contribution in [1.29, 1.82) is 0 Å². The van der Waals surface area contributed by atoms with Gasteiger partial charge in [0.05, 0.1) is 7.11 Å². The zero-order valence-electron chi connectivity index (χ0n) is 10.5. The maximum absolute atomic E-state index is 5.33. The second kappa shape index (κ2) is 5.70. The number of methoxy groups -OCH3 is 1. The van der Waals surface area contributed by atoms with Crippen LogP contribution in [0.3, 0.4) is 0 Å². The third kappa shape index (κ3) is 2.78. The van der Waals surface area contributed by atoms with Gasteiger partial charge < -0.3 is 15.4 Å². The first kappa shape index (κ1) is 12.0. The molecule has 94 valence electrons. The van der Waals surface area contributed by atoms with E-state index >= 15 is 0 Å². The zero-order valence-corrected chi connectivity index (χ0v) is 10.5. The molecule has 1 heterocycles. The van der Waals surface area contributed by atoms with Gasteiger partial charge in [-0.05, 0) is 18.8 Å². The summed E-state index contributed by atoms with van der Waals surface area (Å²) in [6, 6.07) is 0. The van der Waals surface area contributed by atoms with Crippen molar-refractivity contribution in [2.45, 2.75) is 25.7 Å². The quantitative estimate of drug-likeness (QED) is 0.820. The second-order valence-corrected chi connectivity index (χ2v) is 4.39. The average Bonchev–Trinajstić information content (AvgIpc) is 2.88. The van der Waals surface area contributed by atoms with Gasteiger partial charge in [0.2, 0.25) is 5.75 Å². The minimum atomic E-state index is 0.688. The van der Waals surface area contributed by atoms with E-state index in [-0.39, 0.29) is 0 Å². The van der Waals surface area contributed by atoms with Crippen molar-refractivity contribution in [3.8, 4) is 5.75 Å². The Morgan fingerprint density at radius 1 is 1.29 bits per heavy atom. The molecule has 1 aliphatic carbocycles. The average molecular weight is 236 g/mol. The van der Waals surface area contributed by atoms with Crippen LogP contribution in [0.4, 0.5) is 11.6 Å². The van der Waals surface area contributed by atoms with E-state index in [0.29, 0.717) is 5.75 Å². The van der Waals surface area contributed by atoms with Gasteiger partial charge >= 0.3 is 0 Å². The molecule has 0 atom stereocenters. The number of nitrogens with zero attached hydrogens (tertiary/aromatic N) is 2. The van der Waals surface area contributed by atoms with Crippen LogP contribution in [0.15, 0.2) is 6.33 Å². The van der Waals surface area contributed by atoms with E-state index in [0.717, 1.165) is 24.1 Å². The third-order valence-corrected chi connectivity index (χ3v) is 3.28. The molecule has 2 N–H and O–H groups in total. The van der Waals surface area contributed by atoms with Crippen molar-refractivity contribution < 1.29 is 4.74 Å². The highest BCUT2D eigenvalue weighted by Gasteiger charge is 2.16. The first-order valence-corrected chi connectivity index (χ1v) is 6.15. The first-order valence-electron chi connectivity index (χ1n) is 6.15. The van der Waals surface area contributed by atoms with Gasteiger partial charge in [0, 0.05) is 13.6 Å². The Kier molecular flexibility index (Phi) is 4.01. The van der Waals surface area contributed by atoms with Crippen LogP contribution in [-0.4, -0.2) is 30.7 Å². The van der Waals surface area contributed by atoms with E-state index in [1.807, 2.05) is 7.05 Å². The molecule has 0 aliphatic heterocycles. The van der Waals surface area contributed by atoms with E-state index < -0.39 is 0 Å². The van der Waals surface area contributed by atoms with Crippen molar-refractivity contribution in [2.24, 2.45) is 5.92 Å². The van der Waals surface area contributed by atoms with Crippen LogP contribution in [0.25, 0.3) is 0 Å². The van der Waals surface area contributed by atoms with Gasteiger partial charge in [-0.15, -0.1) is 0 Å². The summed E-state index contributed by atoms with van der Waals surface area (Å²) in [7, 11) is 3.46. The summed E-state index contributed by atoms with van der Waals surface area (Å²) in [5, 5.41) is 6.36. The molecule has 0 unspecified atom stereocenters. The normalized spacial score (nSPS) is 15.9. The molecule has 0 saturated heterocycles. The molecule has 0 spiro atoms. The molecule has 0 amide bonds. The van der Waals surface area contributed by atoms with Crippen LogP contribution in [0.2, 0.25) is 0 Å². The molecule has 1 aromatic rings. The van der Waals surface area contributed by atoms with Gasteiger partial charge in [-0.1, -0.05) is 12.8 Å². The van der Waals surface area contributed by atoms with Crippen molar-refractivity contribution in [2.75, 3.05) is 31.3 Å². The summed E-state index contributed by atoms with van der Waals surface area (Å²) in [4.78, 5) is 8.35. The van der Waals surface area contributed by atoms with Gasteiger partial charge in [-0.3, -0.25) is 0 Å². The molecule has 1 aromatic heterocycles. The molecule has 0 bridgehead atoms. The maximum Gasteiger partial charge on any atom is 0.204 e. The highest BCUT2D eigenvalue weighted by molar-refractivity contribution is 5.63. The molecular weight excluding hydrogens is 216 g/mol. The Balaban J connectivity index is 2.03. The Morgan fingerprint density at radius 3 is 2.65 bits per heavy atom. The standard InChI is InChI=1S/C12H20N4O/c1-13-11-10(17-2)12(16-8-15-11)14-7-9-5-3-4-6-9/h8-9H,3-7H2,1-2H3,(H2,13,14,15,16). The molecular formula is C12H20N4O. The van der Waals surface area contributed by atoms with Crippen molar-refractivity contribution in [3.05, 3.63) is 6.33 Å². The monoisotopic (exact) mass is 236 g/mol. The summed E-state index contributed by atoms with van der Waals surface area (Å²) in [6.07, 6.45) is 6.90. The predicted molar refractivity (Wildman–Crippen MR) is 68.6 cm³/mol. The van der Waals surface area contributed by atoms with Gasteiger partial charge in [0.1, 0.15) is 6.33 Å². The van der Waals surface area contributed by atoms with Gasteiger partial charge in [0.15, 0.2) is 11.6 Å². The minimum Gasteiger partial charge on any atom is -0.490 e. The lowest BCUT2D eigenvalue weighted by atomic mass is 10.1. The summed E-state index contributed by atoms with van der Waals surface area (Å²) in [5.74, 6) is 2.95. The number of aromatic nitrogens is 2. The van der Waals surface area contributed by atoms with Crippen molar-refractivity contribution in [3.63, 3.8) is 0 Å². The van der Waals surface area contributed by atoms with Crippen LogP contribution in [0.5, 0.6) is 5.75 Å². The Morgan fingerprint density at radius 2 is 2.00 bits per heavy atom. The topological polar surface area (TPSA) is 59.1 Å². The van der Waals surface area contributed by atoms with Crippen LogP contribution in [0, 0.1) is 5.92 Å². The van der Waals surface area contributed by atoms with E-state index in [9.17, 15) is 0 Å². The molecule has 0 aromatic carbocycles. The summed E-state index contributed by atoms with van der Waals surface area (Å²) in [5.41, 5.74) is 0. The third-order valence-electron chi connectivity index (χ3n) is 3.28. The lowest BCUT2D eigenvalue weighted by Crippen LogP contribution is -2.13.